The molecule has 1 aliphatic carbocycles. The molecular weight excluding hydrogens is 312 g/mol. The lowest BCUT2D eigenvalue weighted by atomic mass is 10.1. The van der Waals surface area contributed by atoms with E-state index in [2.05, 4.69) is 15.9 Å². The molecule has 0 N–H and O–H groups in total. The van der Waals surface area contributed by atoms with Gasteiger partial charge in [0.2, 0.25) is 0 Å². The molecule has 0 aromatic carbocycles. The van der Waals surface area contributed by atoms with Gasteiger partial charge in [-0.1, -0.05) is 60.9 Å². The van der Waals surface area contributed by atoms with E-state index >= 15 is 0 Å². The van der Waals surface area contributed by atoms with E-state index in [9.17, 15) is 8.42 Å². The molecule has 1 fully saturated rings. The third-order valence-electron chi connectivity index (χ3n) is 3.87. The third kappa shape index (κ3) is 6.55. The number of halogens is 1. The molecule has 0 spiro atoms. The molecule has 1 aliphatic rings. The van der Waals surface area contributed by atoms with E-state index in [1.54, 1.807) is 0 Å². The Morgan fingerprint density at radius 3 is 1.89 bits per heavy atom. The number of sulfone groups is 1. The summed E-state index contributed by atoms with van der Waals surface area (Å²) in [5.74, 6) is 0.430. The summed E-state index contributed by atoms with van der Waals surface area (Å²) >= 11 is 3.43. The number of alkyl halides is 1. The smallest absolute Gasteiger partial charge is 0.153 e. The van der Waals surface area contributed by atoms with Gasteiger partial charge in [-0.05, 0) is 25.7 Å². The second-order valence-corrected chi connectivity index (χ2v) is 8.63. The van der Waals surface area contributed by atoms with E-state index in [4.69, 9.17) is 0 Å². The lowest BCUT2D eigenvalue weighted by Gasteiger charge is -2.10. The van der Waals surface area contributed by atoms with Crippen LogP contribution in [0.5, 0.6) is 0 Å². The number of rotatable bonds is 10. The second kappa shape index (κ2) is 9.35. The van der Waals surface area contributed by atoms with Crippen LogP contribution in [-0.2, 0) is 9.84 Å². The zero-order valence-corrected chi connectivity index (χ0v) is 13.8. The molecule has 1 saturated carbocycles. The normalized spacial score (nSPS) is 17.4. The van der Waals surface area contributed by atoms with Gasteiger partial charge in [0.15, 0.2) is 9.84 Å². The van der Waals surface area contributed by atoms with Crippen molar-refractivity contribution in [2.45, 2.75) is 75.9 Å². The van der Waals surface area contributed by atoms with Gasteiger partial charge in [-0.15, -0.1) is 0 Å². The van der Waals surface area contributed by atoms with Gasteiger partial charge in [-0.3, -0.25) is 0 Å². The summed E-state index contributed by atoms with van der Waals surface area (Å²) in [5.41, 5.74) is 0. The first-order chi connectivity index (χ1) is 8.67. The molecule has 0 aromatic rings. The molecule has 0 bridgehead atoms. The van der Waals surface area contributed by atoms with Crippen molar-refractivity contribution in [3.05, 3.63) is 0 Å². The Morgan fingerprint density at radius 2 is 1.33 bits per heavy atom. The lowest BCUT2D eigenvalue weighted by molar-refractivity contribution is 0.567. The Kier molecular flexibility index (Phi) is 8.56. The molecule has 108 valence electrons. The fraction of sp³-hybridized carbons (Fsp3) is 1.00. The maximum atomic E-state index is 12.0. The summed E-state index contributed by atoms with van der Waals surface area (Å²) in [5, 5.41) is 1.10. The fourth-order valence-corrected chi connectivity index (χ4v) is 5.08. The van der Waals surface area contributed by atoms with Gasteiger partial charge >= 0.3 is 0 Å². The predicted octanol–water partition coefficient (Wildman–Crippen LogP) is 4.47. The van der Waals surface area contributed by atoms with E-state index in [1.807, 2.05) is 0 Å². The number of unbranched alkanes of at least 4 members (excludes halogenated alkanes) is 6. The molecule has 4 heteroatoms. The quantitative estimate of drug-likeness (QED) is 0.435. The standard InChI is InChI=1S/C14H27BrO2S/c15-12-8-4-2-1-3-5-9-13-18(16,17)14-10-6-7-11-14/h14H,1-13H2. The Morgan fingerprint density at radius 1 is 0.833 bits per heavy atom. The van der Waals surface area contributed by atoms with Gasteiger partial charge < -0.3 is 0 Å². The van der Waals surface area contributed by atoms with Crippen molar-refractivity contribution in [2.24, 2.45) is 0 Å². The fourth-order valence-electron chi connectivity index (χ4n) is 2.70. The first kappa shape index (κ1) is 16.5. The summed E-state index contributed by atoms with van der Waals surface area (Å²) in [4.78, 5) is 0. The molecule has 0 atom stereocenters. The summed E-state index contributed by atoms with van der Waals surface area (Å²) in [7, 11) is -2.77. The first-order valence-electron chi connectivity index (χ1n) is 7.44. The highest BCUT2D eigenvalue weighted by Crippen LogP contribution is 2.25. The average molecular weight is 339 g/mol. The van der Waals surface area contributed by atoms with Crippen molar-refractivity contribution in [3.63, 3.8) is 0 Å². The van der Waals surface area contributed by atoms with E-state index < -0.39 is 9.84 Å². The number of hydrogen-bond acceptors (Lipinski definition) is 2. The predicted molar refractivity (Wildman–Crippen MR) is 82.2 cm³/mol. The zero-order chi connectivity index (χ0) is 13.3. The minimum absolute atomic E-state index is 0.00331. The Bertz CT molecular complexity index is 295. The van der Waals surface area contributed by atoms with Crippen LogP contribution in [0, 0.1) is 0 Å². The molecule has 18 heavy (non-hydrogen) atoms. The van der Waals surface area contributed by atoms with Crippen LogP contribution in [0.25, 0.3) is 0 Å². The Balaban J connectivity index is 2.00. The van der Waals surface area contributed by atoms with Crippen molar-refractivity contribution in [3.8, 4) is 0 Å². The summed E-state index contributed by atoms with van der Waals surface area (Å²) in [6, 6.07) is 0. The Hall–Kier alpha value is 0.430. The molecule has 0 aromatic heterocycles. The van der Waals surface area contributed by atoms with Crippen molar-refractivity contribution < 1.29 is 8.42 Å². The maximum Gasteiger partial charge on any atom is 0.153 e. The van der Waals surface area contributed by atoms with Crippen LogP contribution in [0.15, 0.2) is 0 Å². The van der Waals surface area contributed by atoms with Crippen LogP contribution in [-0.4, -0.2) is 24.8 Å². The van der Waals surface area contributed by atoms with Crippen LogP contribution < -0.4 is 0 Å². The second-order valence-electron chi connectivity index (χ2n) is 5.44. The highest BCUT2D eigenvalue weighted by molar-refractivity contribution is 9.09. The van der Waals surface area contributed by atoms with Crippen molar-refractivity contribution >= 4 is 25.8 Å². The van der Waals surface area contributed by atoms with E-state index in [1.165, 1.54) is 32.1 Å². The van der Waals surface area contributed by atoms with Gasteiger partial charge in [0.1, 0.15) is 0 Å². The minimum Gasteiger partial charge on any atom is -0.229 e. The maximum absolute atomic E-state index is 12.0. The van der Waals surface area contributed by atoms with Crippen molar-refractivity contribution in [2.75, 3.05) is 11.1 Å². The van der Waals surface area contributed by atoms with E-state index in [0.717, 1.165) is 43.9 Å². The van der Waals surface area contributed by atoms with Gasteiger partial charge in [-0.2, -0.15) is 0 Å². The summed E-state index contributed by atoms with van der Waals surface area (Å²) in [6.45, 7) is 0. The minimum atomic E-state index is -2.77. The van der Waals surface area contributed by atoms with Crippen LogP contribution in [0.1, 0.15) is 70.6 Å². The molecule has 1 rings (SSSR count). The molecule has 2 nitrogen and oxygen atoms in total. The Labute approximate surface area is 121 Å². The molecule has 0 radical (unpaired) electrons. The average Bonchev–Trinajstić information content (AvgIpc) is 2.87. The molecule has 0 saturated heterocycles. The monoisotopic (exact) mass is 338 g/mol. The van der Waals surface area contributed by atoms with E-state index in [-0.39, 0.29) is 5.25 Å². The SMILES string of the molecule is O=S(=O)(CCCCCCCCCBr)C1CCCC1. The van der Waals surface area contributed by atoms with Crippen molar-refractivity contribution in [1.29, 1.82) is 0 Å². The number of hydrogen-bond donors (Lipinski definition) is 0. The van der Waals surface area contributed by atoms with Gasteiger partial charge in [0, 0.05) is 5.33 Å². The first-order valence-corrected chi connectivity index (χ1v) is 10.3. The van der Waals surface area contributed by atoms with Crippen LogP contribution in [0.4, 0.5) is 0 Å². The molecule has 0 heterocycles. The third-order valence-corrected chi connectivity index (χ3v) is 6.78. The highest BCUT2D eigenvalue weighted by atomic mass is 79.9. The molecule has 0 amide bonds. The van der Waals surface area contributed by atoms with Crippen molar-refractivity contribution in [1.82, 2.24) is 0 Å². The summed E-state index contributed by atoms with van der Waals surface area (Å²) < 4.78 is 24.0. The van der Waals surface area contributed by atoms with E-state index in [0.29, 0.717) is 5.75 Å². The van der Waals surface area contributed by atoms with Gasteiger partial charge in [0.05, 0.1) is 11.0 Å². The molecular formula is C14H27BrO2S. The zero-order valence-electron chi connectivity index (χ0n) is 11.4. The van der Waals surface area contributed by atoms with Crippen LogP contribution >= 0.6 is 15.9 Å². The van der Waals surface area contributed by atoms with Gasteiger partial charge in [0.25, 0.3) is 0 Å². The molecule has 0 aliphatic heterocycles. The van der Waals surface area contributed by atoms with Crippen LogP contribution in [0.2, 0.25) is 0 Å². The van der Waals surface area contributed by atoms with Gasteiger partial charge in [-0.25, -0.2) is 8.42 Å². The highest BCUT2D eigenvalue weighted by Gasteiger charge is 2.27. The summed E-state index contributed by atoms with van der Waals surface area (Å²) in [6.07, 6.45) is 12.3. The molecule has 0 unspecified atom stereocenters. The largest absolute Gasteiger partial charge is 0.229 e. The van der Waals surface area contributed by atoms with Crippen LogP contribution in [0.3, 0.4) is 0 Å². The topological polar surface area (TPSA) is 34.1 Å². The lowest BCUT2D eigenvalue weighted by Crippen LogP contribution is -2.20.